The Balaban J connectivity index is 2.08. The average molecular weight is 489 g/mol. The molecule has 1 heterocycles. The summed E-state index contributed by atoms with van der Waals surface area (Å²) in [5, 5.41) is 30.6. The molecule has 1 aliphatic heterocycles. The molecule has 2 N–H and O–H groups in total. The van der Waals surface area contributed by atoms with E-state index in [0.717, 1.165) is 4.47 Å². The van der Waals surface area contributed by atoms with Crippen LogP contribution in [0.1, 0.15) is 30.0 Å². The van der Waals surface area contributed by atoms with Gasteiger partial charge < -0.3 is 15.1 Å². The Morgan fingerprint density at radius 1 is 1.06 bits per heavy atom. The van der Waals surface area contributed by atoms with Gasteiger partial charge in [0.05, 0.1) is 16.5 Å². The van der Waals surface area contributed by atoms with Crippen LogP contribution in [0.5, 0.6) is 0 Å². The number of carbonyl (C=O) groups excluding carboxylic acids is 2. The number of nitro groups is 1. The number of Topliss-reactive ketones (excluding diaryl/α,β-unsaturated/α-hetero) is 1. The number of benzene rings is 2. The zero-order chi connectivity index (χ0) is 22.7. The molecule has 0 aliphatic carbocycles. The Kier molecular flexibility index (Phi) is 6.50. The van der Waals surface area contributed by atoms with Gasteiger partial charge in [0, 0.05) is 35.1 Å². The van der Waals surface area contributed by atoms with E-state index in [2.05, 4.69) is 15.9 Å². The van der Waals surface area contributed by atoms with Crippen molar-refractivity contribution in [2.24, 2.45) is 0 Å². The normalized spacial score (nSPS) is 17.7. The lowest BCUT2D eigenvalue weighted by Crippen LogP contribution is -2.31. The van der Waals surface area contributed by atoms with Crippen LogP contribution >= 0.6 is 15.9 Å². The molecule has 0 radical (unpaired) electrons. The van der Waals surface area contributed by atoms with Crippen LogP contribution in [0.3, 0.4) is 0 Å². The topological polar surface area (TPSA) is 138 Å². The molecule has 9 nitrogen and oxygen atoms in total. The summed E-state index contributed by atoms with van der Waals surface area (Å²) in [6.45, 7) is 0.00858. The molecule has 160 valence electrons. The zero-order valence-corrected chi connectivity index (χ0v) is 17.6. The molecule has 0 unspecified atom stereocenters. The first kappa shape index (κ1) is 22.2. The Morgan fingerprint density at radius 3 is 2.23 bits per heavy atom. The molecule has 0 aromatic heterocycles. The van der Waals surface area contributed by atoms with Crippen molar-refractivity contribution in [3.05, 3.63) is 79.8 Å². The Bertz CT molecular complexity index is 1080. The summed E-state index contributed by atoms with van der Waals surface area (Å²) in [4.78, 5) is 47.9. The fraction of sp³-hybridized carbons (Fsp3) is 0.190. The third-order valence-corrected chi connectivity index (χ3v) is 5.40. The molecule has 2 aromatic carbocycles. The van der Waals surface area contributed by atoms with E-state index in [1.54, 1.807) is 24.3 Å². The number of hydrogen-bond acceptors (Lipinski definition) is 6. The molecular weight excluding hydrogens is 472 g/mol. The van der Waals surface area contributed by atoms with Gasteiger partial charge in [-0.2, -0.15) is 0 Å². The molecule has 3 rings (SSSR count). The predicted molar refractivity (Wildman–Crippen MR) is 113 cm³/mol. The molecule has 1 atom stereocenters. The van der Waals surface area contributed by atoms with Gasteiger partial charge in [-0.25, -0.2) is 0 Å². The third-order valence-electron chi connectivity index (χ3n) is 4.87. The number of amides is 1. The van der Waals surface area contributed by atoms with E-state index in [-0.39, 0.29) is 36.2 Å². The second kappa shape index (κ2) is 9.09. The number of carboxylic acid groups (broad SMARTS) is 1. The van der Waals surface area contributed by atoms with E-state index in [0.29, 0.717) is 5.56 Å². The first-order valence-corrected chi connectivity index (χ1v) is 10.0. The molecule has 0 saturated carbocycles. The van der Waals surface area contributed by atoms with Crippen LogP contribution in [0, 0.1) is 10.1 Å². The van der Waals surface area contributed by atoms with Gasteiger partial charge in [-0.1, -0.05) is 28.1 Å². The molecule has 0 spiro atoms. The van der Waals surface area contributed by atoms with Gasteiger partial charge in [0.25, 0.3) is 17.4 Å². The number of nitrogens with zero attached hydrogens (tertiary/aromatic N) is 2. The number of aliphatic hydroxyl groups excluding tert-OH is 1. The van der Waals surface area contributed by atoms with Gasteiger partial charge >= 0.3 is 5.97 Å². The van der Waals surface area contributed by atoms with E-state index >= 15 is 0 Å². The molecule has 1 amide bonds. The van der Waals surface area contributed by atoms with Gasteiger partial charge in [-0.3, -0.25) is 24.5 Å². The molecule has 10 heteroatoms. The van der Waals surface area contributed by atoms with Crippen molar-refractivity contribution < 1.29 is 29.5 Å². The zero-order valence-electron chi connectivity index (χ0n) is 16.0. The predicted octanol–water partition coefficient (Wildman–Crippen LogP) is 3.64. The van der Waals surface area contributed by atoms with Gasteiger partial charge in [-0.15, -0.1) is 0 Å². The number of rotatable bonds is 7. The van der Waals surface area contributed by atoms with Crippen LogP contribution in [0.15, 0.2) is 58.6 Å². The summed E-state index contributed by atoms with van der Waals surface area (Å²) in [5.41, 5.74) is 0.365. The summed E-state index contributed by atoms with van der Waals surface area (Å²) >= 11 is 3.32. The lowest BCUT2D eigenvalue weighted by atomic mass is 9.95. The summed E-state index contributed by atoms with van der Waals surface area (Å²) in [5.74, 6) is -3.23. The fourth-order valence-corrected chi connectivity index (χ4v) is 3.66. The van der Waals surface area contributed by atoms with Gasteiger partial charge in [0.2, 0.25) is 0 Å². The largest absolute Gasteiger partial charge is 0.507 e. The van der Waals surface area contributed by atoms with Crippen LogP contribution in [-0.2, 0) is 14.4 Å². The van der Waals surface area contributed by atoms with Gasteiger partial charge in [-0.05, 0) is 36.2 Å². The molecule has 1 aliphatic rings. The third kappa shape index (κ3) is 4.64. The highest BCUT2D eigenvalue weighted by Gasteiger charge is 2.45. The number of non-ortho nitro benzene ring substituents is 1. The van der Waals surface area contributed by atoms with E-state index < -0.39 is 34.4 Å². The second-order valence-electron chi connectivity index (χ2n) is 6.85. The first-order valence-electron chi connectivity index (χ1n) is 9.21. The van der Waals surface area contributed by atoms with Crippen LogP contribution in [0.2, 0.25) is 0 Å². The van der Waals surface area contributed by atoms with E-state index in [9.17, 15) is 29.6 Å². The number of likely N-dealkylation sites (tertiary alicyclic amines) is 1. The summed E-state index contributed by atoms with van der Waals surface area (Å²) in [6.07, 6.45) is -0.0502. The molecule has 1 fully saturated rings. The minimum Gasteiger partial charge on any atom is -0.507 e. The number of aliphatic hydroxyl groups is 1. The summed E-state index contributed by atoms with van der Waals surface area (Å²) in [7, 11) is 0. The molecule has 2 aromatic rings. The fourth-order valence-electron chi connectivity index (χ4n) is 3.40. The van der Waals surface area contributed by atoms with Crippen LogP contribution in [0.25, 0.3) is 5.76 Å². The van der Waals surface area contributed by atoms with Crippen molar-refractivity contribution in [1.82, 2.24) is 4.90 Å². The van der Waals surface area contributed by atoms with Gasteiger partial charge in [0.15, 0.2) is 0 Å². The molecule has 31 heavy (non-hydrogen) atoms. The summed E-state index contributed by atoms with van der Waals surface area (Å²) < 4.78 is 0.773. The highest BCUT2D eigenvalue weighted by molar-refractivity contribution is 9.10. The minimum atomic E-state index is -1.03. The number of carbonyl (C=O) groups is 3. The molecule has 0 bridgehead atoms. The standard InChI is InChI=1S/C21H17BrN2O7/c22-14-7-3-12(4-8-14)18-17(19(27)13-5-9-15(10-6-13)24(30)31)20(28)21(29)23(18)11-1-2-16(25)26/h3-10,18,27H,1-2,11H2,(H,25,26)/b19-17-/t18-/m0/s1. The lowest BCUT2D eigenvalue weighted by molar-refractivity contribution is -0.384. The number of aliphatic carboxylic acids is 1. The quantitative estimate of drug-likeness (QED) is 0.199. The average Bonchev–Trinajstić information content (AvgIpc) is 2.98. The maximum absolute atomic E-state index is 12.8. The maximum atomic E-state index is 12.8. The van der Waals surface area contributed by atoms with Crippen LogP contribution in [-0.4, -0.2) is 44.2 Å². The van der Waals surface area contributed by atoms with Crippen molar-refractivity contribution in [1.29, 1.82) is 0 Å². The van der Waals surface area contributed by atoms with Crippen molar-refractivity contribution >= 4 is 45.0 Å². The number of carboxylic acids is 1. The second-order valence-corrected chi connectivity index (χ2v) is 7.76. The van der Waals surface area contributed by atoms with Crippen molar-refractivity contribution in [3.63, 3.8) is 0 Å². The lowest BCUT2D eigenvalue weighted by Gasteiger charge is -2.25. The monoisotopic (exact) mass is 488 g/mol. The highest BCUT2D eigenvalue weighted by atomic mass is 79.9. The van der Waals surface area contributed by atoms with Crippen LogP contribution in [0.4, 0.5) is 5.69 Å². The minimum absolute atomic E-state index is 0.00858. The van der Waals surface area contributed by atoms with E-state index in [4.69, 9.17) is 5.11 Å². The van der Waals surface area contributed by atoms with Crippen molar-refractivity contribution in [2.45, 2.75) is 18.9 Å². The van der Waals surface area contributed by atoms with Gasteiger partial charge in [0.1, 0.15) is 5.76 Å². The Labute approximate surface area is 184 Å². The Morgan fingerprint density at radius 2 is 1.68 bits per heavy atom. The van der Waals surface area contributed by atoms with Crippen LogP contribution < -0.4 is 0 Å². The number of ketones is 1. The molecule has 1 saturated heterocycles. The molecular formula is C21H17BrN2O7. The number of halogens is 1. The van der Waals surface area contributed by atoms with Crippen molar-refractivity contribution in [3.8, 4) is 0 Å². The number of hydrogen-bond donors (Lipinski definition) is 2. The summed E-state index contributed by atoms with van der Waals surface area (Å²) in [6, 6.07) is 10.9. The number of nitro benzene ring substituents is 1. The van der Waals surface area contributed by atoms with E-state index in [1.807, 2.05) is 0 Å². The van der Waals surface area contributed by atoms with Crippen molar-refractivity contribution in [2.75, 3.05) is 6.54 Å². The SMILES string of the molecule is O=C(O)CCCN1C(=O)C(=O)/C(=C(\O)c2ccc([N+](=O)[O-])cc2)[C@@H]1c1ccc(Br)cc1. The first-order chi connectivity index (χ1) is 14.7. The highest BCUT2D eigenvalue weighted by Crippen LogP contribution is 2.40. The Hall–Kier alpha value is -3.53. The smallest absolute Gasteiger partial charge is 0.303 e. The maximum Gasteiger partial charge on any atom is 0.303 e. The van der Waals surface area contributed by atoms with E-state index in [1.165, 1.54) is 29.2 Å².